The number of phosphoric ester groups is 1. The van der Waals surface area contributed by atoms with Crippen molar-refractivity contribution in [3.05, 3.63) is 12.7 Å². The van der Waals surface area contributed by atoms with E-state index in [1.807, 2.05) is 0 Å². The van der Waals surface area contributed by atoms with Gasteiger partial charge in [-0.1, -0.05) is 6.08 Å². The number of phosphoric acid groups is 1. The fourth-order valence-corrected chi connectivity index (χ4v) is 0.449. The number of hydrogen-bond acceptors (Lipinski definition) is 2. The summed E-state index contributed by atoms with van der Waals surface area (Å²) >= 11 is 0. The van der Waals surface area contributed by atoms with Crippen molar-refractivity contribution in [2.24, 2.45) is 0 Å². The van der Waals surface area contributed by atoms with Gasteiger partial charge in [0.25, 0.3) is 0 Å². The molecule has 0 aromatic rings. The zero-order valence-corrected chi connectivity index (χ0v) is 5.04. The van der Waals surface area contributed by atoms with Gasteiger partial charge < -0.3 is 9.79 Å². The van der Waals surface area contributed by atoms with E-state index >= 15 is 0 Å². The zero-order chi connectivity index (χ0) is 6.62. The van der Waals surface area contributed by atoms with Crippen LogP contribution < -0.4 is 0 Å². The topological polar surface area (TPSA) is 66.8 Å². The van der Waals surface area contributed by atoms with E-state index in [-0.39, 0.29) is 58.0 Å². The maximum absolute atomic E-state index is 9.81. The van der Waals surface area contributed by atoms with Gasteiger partial charge in [0.1, 0.15) is 0 Å². The monoisotopic (exact) mass is 178 g/mol. The minimum atomic E-state index is -4.25. The molecule has 0 aromatic carbocycles. The van der Waals surface area contributed by atoms with E-state index in [0.717, 1.165) is 0 Å². The first-order valence-electron chi connectivity index (χ1n) is 1.87. The van der Waals surface area contributed by atoms with E-state index in [9.17, 15) is 4.57 Å². The molecular formula is C3H8KO4P. The molecular weight excluding hydrogens is 170 g/mol. The third-order valence-electron chi connectivity index (χ3n) is 0.361. The standard InChI is InChI=1S/C3H7O4P.K.H/c1-2-3-7-8(4,5)6;;/h2H,1,3H2,(H2,4,5,6);;. The van der Waals surface area contributed by atoms with Gasteiger partial charge in [0.15, 0.2) is 0 Å². The predicted octanol–water partition coefficient (Wildman–Crippen LogP) is -0.367. The van der Waals surface area contributed by atoms with Crippen LogP contribution in [0.4, 0.5) is 0 Å². The number of hydrogen-bond donors (Lipinski definition) is 2. The average molecular weight is 178 g/mol. The van der Waals surface area contributed by atoms with Crippen molar-refractivity contribution in [1.29, 1.82) is 0 Å². The summed E-state index contributed by atoms with van der Waals surface area (Å²) in [6, 6.07) is 0. The molecule has 0 saturated carbocycles. The van der Waals surface area contributed by atoms with Gasteiger partial charge in [0.05, 0.1) is 6.61 Å². The Morgan fingerprint density at radius 1 is 1.67 bits per heavy atom. The van der Waals surface area contributed by atoms with Crippen LogP contribution >= 0.6 is 7.82 Å². The zero-order valence-electron chi connectivity index (χ0n) is 4.15. The molecule has 0 fully saturated rings. The molecule has 4 nitrogen and oxygen atoms in total. The molecule has 9 heavy (non-hydrogen) atoms. The fraction of sp³-hybridized carbons (Fsp3) is 0.333. The Hall–Kier alpha value is 1.49. The molecule has 0 aromatic heterocycles. The molecule has 0 aliphatic carbocycles. The fourth-order valence-electron chi connectivity index (χ4n) is 0.150. The molecule has 6 heteroatoms. The van der Waals surface area contributed by atoms with E-state index < -0.39 is 7.82 Å². The molecule has 0 rings (SSSR count). The third-order valence-corrected chi connectivity index (χ3v) is 0.846. The SMILES string of the molecule is C=CCOP(=O)(O)O.[KH]. The molecule has 0 unspecified atom stereocenters. The summed E-state index contributed by atoms with van der Waals surface area (Å²) in [6.45, 7) is 3.07. The molecule has 0 radical (unpaired) electrons. The van der Waals surface area contributed by atoms with E-state index in [1.54, 1.807) is 0 Å². The molecule has 0 aliphatic heterocycles. The average Bonchev–Trinajstić information content (AvgIpc) is 1.59. The second-order valence-electron chi connectivity index (χ2n) is 1.08. The molecule has 0 bridgehead atoms. The van der Waals surface area contributed by atoms with Crippen LogP contribution in [0.2, 0.25) is 0 Å². The van der Waals surface area contributed by atoms with E-state index in [2.05, 4.69) is 11.1 Å². The van der Waals surface area contributed by atoms with Gasteiger partial charge in [-0.05, 0) is 0 Å². The third kappa shape index (κ3) is 12.6. The molecule has 0 spiro atoms. The van der Waals surface area contributed by atoms with Gasteiger partial charge in [0, 0.05) is 0 Å². The Labute approximate surface area is 96.0 Å². The van der Waals surface area contributed by atoms with Gasteiger partial charge >= 0.3 is 59.2 Å². The summed E-state index contributed by atoms with van der Waals surface area (Å²) in [6.07, 6.45) is 1.26. The Morgan fingerprint density at radius 3 is 2.22 bits per heavy atom. The molecule has 0 aliphatic rings. The van der Waals surface area contributed by atoms with Crippen molar-refractivity contribution < 1.29 is 18.9 Å². The Kier molecular flexibility index (Phi) is 9.05. The van der Waals surface area contributed by atoms with Crippen molar-refractivity contribution in [2.75, 3.05) is 6.61 Å². The van der Waals surface area contributed by atoms with Crippen molar-refractivity contribution in [3.8, 4) is 0 Å². The van der Waals surface area contributed by atoms with Crippen molar-refractivity contribution in [1.82, 2.24) is 0 Å². The van der Waals surface area contributed by atoms with Crippen LogP contribution in [0.25, 0.3) is 0 Å². The number of rotatable bonds is 3. The van der Waals surface area contributed by atoms with Crippen LogP contribution in [0.1, 0.15) is 0 Å². The van der Waals surface area contributed by atoms with Gasteiger partial charge in [-0.15, -0.1) is 6.58 Å². The second-order valence-corrected chi connectivity index (χ2v) is 2.31. The summed E-state index contributed by atoms with van der Waals surface area (Å²) in [5.41, 5.74) is 0. The van der Waals surface area contributed by atoms with E-state index in [4.69, 9.17) is 9.79 Å². The van der Waals surface area contributed by atoms with Crippen molar-refractivity contribution in [3.63, 3.8) is 0 Å². The van der Waals surface area contributed by atoms with Gasteiger partial charge in [-0.3, -0.25) is 4.52 Å². The van der Waals surface area contributed by atoms with Gasteiger partial charge in [0.2, 0.25) is 0 Å². The first-order chi connectivity index (χ1) is 3.56. The molecule has 0 amide bonds. The van der Waals surface area contributed by atoms with Crippen molar-refractivity contribution in [2.45, 2.75) is 0 Å². The molecule has 50 valence electrons. The summed E-state index contributed by atoms with van der Waals surface area (Å²) in [5, 5.41) is 0. The van der Waals surface area contributed by atoms with Crippen LogP contribution in [0, 0.1) is 0 Å². The Balaban J connectivity index is 0. The minimum absolute atomic E-state index is 0. The molecule has 0 atom stereocenters. The van der Waals surface area contributed by atoms with Crippen LogP contribution in [0.5, 0.6) is 0 Å². The van der Waals surface area contributed by atoms with E-state index in [0.29, 0.717) is 0 Å². The summed E-state index contributed by atoms with van der Waals surface area (Å²) < 4.78 is 13.7. The maximum atomic E-state index is 9.81. The molecule has 0 heterocycles. The van der Waals surface area contributed by atoms with Gasteiger partial charge in [-0.2, -0.15) is 0 Å². The van der Waals surface area contributed by atoms with Crippen molar-refractivity contribution >= 4 is 59.2 Å². The Bertz CT molecular complexity index is 119. The van der Waals surface area contributed by atoms with E-state index in [1.165, 1.54) is 6.08 Å². The van der Waals surface area contributed by atoms with Gasteiger partial charge in [-0.25, -0.2) is 4.57 Å². The van der Waals surface area contributed by atoms with Crippen LogP contribution in [-0.4, -0.2) is 67.8 Å². The summed E-state index contributed by atoms with van der Waals surface area (Å²) in [4.78, 5) is 16.0. The first-order valence-corrected chi connectivity index (χ1v) is 3.40. The molecule has 0 saturated heterocycles. The summed E-state index contributed by atoms with van der Waals surface area (Å²) in [5.74, 6) is 0. The van der Waals surface area contributed by atoms with Crippen LogP contribution in [-0.2, 0) is 9.09 Å². The summed E-state index contributed by atoms with van der Waals surface area (Å²) in [7, 11) is -4.25. The molecule has 2 N–H and O–H groups in total. The van der Waals surface area contributed by atoms with Crippen LogP contribution in [0.3, 0.4) is 0 Å². The first kappa shape index (κ1) is 13.1. The second kappa shape index (κ2) is 6.21. The quantitative estimate of drug-likeness (QED) is 0.351. The predicted molar refractivity (Wildman–Crippen MR) is 35.3 cm³/mol. The Morgan fingerprint density at radius 2 is 2.11 bits per heavy atom. The van der Waals surface area contributed by atoms with Crippen LogP contribution in [0.15, 0.2) is 12.7 Å². The normalized spacial score (nSPS) is 10.0.